The maximum atomic E-state index is 3.84. The maximum absolute atomic E-state index is 3.84. The second kappa shape index (κ2) is 9.16. The first-order chi connectivity index (χ1) is 8.97. The van der Waals surface area contributed by atoms with E-state index in [1.165, 1.54) is 27.8 Å². The quantitative estimate of drug-likeness (QED) is 0.571. The first kappa shape index (κ1) is 17.2. The van der Waals surface area contributed by atoms with E-state index in [1.54, 1.807) is 0 Å². The molecule has 0 unspecified atom stereocenters. The van der Waals surface area contributed by atoms with Crippen molar-refractivity contribution in [2.24, 2.45) is 0 Å². The Kier molecular flexibility index (Phi) is 8.28. The summed E-state index contributed by atoms with van der Waals surface area (Å²) < 4.78 is 0. The van der Waals surface area contributed by atoms with E-state index in [0.717, 1.165) is 0 Å². The first-order valence-electron chi connectivity index (χ1n) is 6.59. The van der Waals surface area contributed by atoms with E-state index in [0.29, 0.717) is 0 Å². The minimum atomic E-state index is 1.23. The fraction of sp³-hybridized carbons (Fsp3) is 0.263. The molecule has 0 aliphatic carbocycles. The van der Waals surface area contributed by atoms with E-state index in [2.05, 4.69) is 58.2 Å². The van der Waals surface area contributed by atoms with Crippen LogP contribution in [0.3, 0.4) is 0 Å². The summed E-state index contributed by atoms with van der Waals surface area (Å²) in [6.07, 6.45) is 5.78. The molecular weight excluding hydrogens is 228 g/mol. The van der Waals surface area contributed by atoms with Gasteiger partial charge < -0.3 is 0 Å². The highest BCUT2D eigenvalue weighted by molar-refractivity contribution is 5.77. The van der Waals surface area contributed by atoms with Crippen LogP contribution in [-0.2, 0) is 0 Å². The van der Waals surface area contributed by atoms with Crippen LogP contribution < -0.4 is 0 Å². The largest absolute Gasteiger partial charge is 0.0988 e. The summed E-state index contributed by atoms with van der Waals surface area (Å²) in [6, 6.07) is 8.39. The Morgan fingerprint density at radius 2 is 1.58 bits per heavy atom. The molecule has 0 aromatic heterocycles. The molecule has 0 bridgehead atoms. The van der Waals surface area contributed by atoms with Crippen LogP contribution in [0.1, 0.15) is 38.8 Å². The van der Waals surface area contributed by atoms with Gasteiger partial charge in [-0.25, -0.2) is 0 Å². The van der Waals surface area contributed by atoms with Crippen LogP contribution in [0.2, 0.25) is 0 Å². The standard InChI is InChI=1S/C13H16.C6H10/c1-5-12(10(2)3)13-9-7-6-8-11(13)4;1-4-6(3)5-2/h5-9H,1H2,2-4H3;4-5H,1H2,2-3H3/b;6-5-. The van der Waals surface area contributed by atoms with Gasteiger partial charge in [-0.2, -0.15) is 0 Å². The molecule has 0 aliphatic heterocycles. The lowest BCUT2D eigenvalue weighted by Crippen LogP contribution is -1.87. The van der Waals surface area contributed by atoms with Crippen molar-refractivity contribution in [2.45, 2.75) is 34.6 Å². The van der Waals surface area contributed by atoms with E-state index in [4.69, 9.17) is 0 Å². The smallest absolute Gasteiger partial charge is 0.0156 e. The summed E-state index contributed by atoms with van der Waals surface area (Å²) in [4.78, 5) is 0. The van der Waals surface area contributed by atoms with Gasteiger partial charge in [-0.1, -0.05) is 66.8 Å². The van der Waals surface area contributed by atoms with Gasteiger partial charge in [0.1, 0.15) is 0 Å². The summed E-state index contributed by atoms with van der Waals surface area (Å²) in [5.41, 5.74) is 6.38. The number of hydrogen-bond donors (Lipinski definition) is 0. The predicted molar refractivity (Wildman–Crippen MR) is 89.3 cm³/mol. The van der Waals surface area contributed by atoms with E-state index >= 15 is 0 Å². The van der Waals surface area contributed by atoms with Gasteiger partial charge in [0.2, 0.25) is 0 Å². The molecule has 0 atom stereocenters. The van der Waals surface area contributed by atoms with Crippen LogP contribution in [0, 0.1) is 6.92 Å². The summed E-state index contributed by atoms with van der Waals surface area (Å²) >= 11 is 0. The lowest BCUT2D eigenvalue weighted by atomic mass is 9.97. The minimum absolute atomic E-state index is 1.23. The molecule has 0 aliphatic rings. The molecule has 0 amide bonds. The Morgan fingerprint density at radius 3 is 1.89 bits per heavy atom. The Balaban J connectivity index is 0.000000459. The molecule has 0 fully saturated rings. The van der Waals surface area contributed by atoms with Crippen molar-refractivity contribution in [1.29, 1.82) is 0 Å². The predicted octanol–water partition coefficient (Wildman–Crippen LogP) is 6.11. The van der Waals surface area contributed by atoms with Crippen molar-refractivity contribution >= 4 is 5.57 Å². The van der Waals surface area contributed by atoms with Gasteiger partial charge in [0, 0.05) is 0 Å². The van der Waals surface area contributed by atoms with Gasteiger partial charge in [-0.15, -0.1) is 0 Å². The van der Waals surface area contributed by atoms with Crippen LogP contribution in [0.4, 0.5) is 0 Å². The zero-order valence-electron chi connectivity index (χ0n) is 13.0. The van der Waals surface area contributed by atoms with Gasteiger partial charge in [0.25, 0.3) is 0 Å². The molecule has 0 heteroatoms. The van der Waals surface area contributed by atoms with Gasteiger partial charge in [-0.3, -0.25) is 0 Å². The first-order valence-corrected chi connectivity index (χ1v) is 6.59. The van der Waals surface area contributed by atoms with Crippen LogP contribution in [-0.4, -0.2) is 0 Å². The zero-order valence-corrected chi connectivity index (χ0v) is 13.0. The minimum Gasteiger partial charge on any atom is -0.0988 e. The lowest BCUT2D eigenvalue weighted by Gasteiger charge is -2.08. The Hall–Kier alpha value is -1.82. The monoisotopic (exact) mass is 254 g/mol. The Labute approximate surface area is 118 Å². The van der Waals surface area contributed by atoms with E-state index in [9.17, 15) is 0 Å². The lowest BCUT2D eigenvalue weighted by molar-refractivity contribution is 1.36. The fourth-order valence-corrected chi connectivity index (χ4v) is 1.58. The normalized spacial score (nSPS) is 10.1. The molecule has 1 aromatic carbocycles. The molecule has 0 saturated heterocycles. The summed E-state index contributed by atoms with van der Waals surface area (Å²) in [5.74, 6) is 0. The fourth-order valence-electron chi connectivity index (χ4n) is 1.58. The average molecular weight is 254 g/mol. The zero-order chi connectivity index (χ0) is 14.8. The van der Waals surface area contributed by atoms with Crippen LogP contribution in [0.5, 0.6) is 0 Å². The summed E-state index contributed by atoms with van der Waals surface area (Å²) in [6.45, 7) is 17.8. The van der Waals surface area contributed by atoms with Crippen molar-refractivity contribution < 1.29 is 0 Å². The van der Waals surface area contributed by atoms with Crippen molar-refractivity contribution in [1.82, 2.24) is 0 Å². The van der Waals surface area contributed by atoms with Crippen LogP contribution in [0.25, 0.3) is 5.57 Å². The Morgan fingerprint density at radius 1 is 1.00 bits per heavy atom. The second-order valence-corrected chi connectivity index (χ2v) is 4.67. The number of allylic oxidation sites excluding steroid dienone is 6. The number of rotatable bonds is 3. The summed E-state index contributed by atoms with van der Waals surface area (Å²) in [7, 11) is 0. The highest BCUT2D eigenvalue weighted by Gasteiger charge is 2.01. The van der Waals surface area contributed by atoms with E-state index in [-0.39, 0.29) is 0 Å². The van der Waals surface area contributed by atoms with Gasteiger partial charge in [0.05, 0.1) is 0 Å². The SMILES string of the molecule is C=C/C(C)=C\C.C=CC(=C(C)C)c1ccccc1C. The molecule has 0 saturated carbocycles. The highest BCUT2D eigenvalue weighted by Crippen LogP contribution is 2.22. The van der Waals surface area contributed by atoms with Gasteiger partial charge in [-0.05, 0) is 51.3 Å². The van der Waals surface area contributed by atoms with Gasteiger partial charge >= 0.3 is 0 Å². The highest BCUT2D eigenvalue weighted by atomic mass is 14.1. The maximum Gasteiger partial charge on any atom is -0.0156 e. The van der Waals surface area contributed by atoms with Crippen LogP contribution in [0.15, 0.2) is 66.8 Å². The van der Waals surface area contributed by atoms with Crippen molar-refractivity contribution in [2.75, 3.05) is 0 Å². The van der Waals surface area contributed by atoms with Crippen molar-refractivity contribution in [3.63, 3.8) is 0 Å². The molecule has 19 heavy (non-hydrogen) atoms. The third-order valence-electron chi connectivity index (χ3n) is 2.96. The third-order valence-corrected chi connectivity index (χ3v) is 2.96. The van der Waals surface area contributed by atoms with E-state index < -0.39 is 0 Å². The molecule has 0 nitrogen and oxygen atoms in total. The van der Waals surface area contributed by atoms with Crippen molar-refractivity contribution in [3.05, 3.63) is 77.9 Å². The number of aryl methyl sites for hydroxylation is 1. The second-order valence-electron chi connectivity index (χ2n) is 4.67. The molecule has 0 N–H and O–H groups in total. The number of hydrogen-bond acceptors (Lipinski definition) is 0. The molecule has 0 radical (unpaired) electrons. The summed E-state index contributed by atoms with van der Waals surface area (Å²) in [5, 5.41) is 0. The topological polar surface area (TPSA) is 0 Å². The van der Waals surface area contributed by atoms with Gasteiger partial charge in [0.15, 0.2) is 0 Å². The average Bonchev–Trinajstić information content (AvgIpc) is 2.41. The molecule has 0 heterocycles. The molecular formula is C19H26. The number of benzene rings is 1. The van der Waals surface area contributed by atoms with Crippen LogP contribution >= 0.6 is 0 Å². The third kappa shape index (κ3) is 6.05. The molecule has 102 valence electrons. The Bertz CT molecular complexity index is 481. The molecule has 1 rings (SSSR count). The molecule has 1 aromatic rings. The molecule has 0 spiro atoms. The van der Waals surface area contributed by atoms with Crippen molar-refractivity contribution in [3.8, 4) is 0 Å². The van der Waals surface area contributed by atoms with E-state index in [1.807, 2.05) is 32.1 Å².